The molecule has 0 saturated carbocycles. The maximum Gasteiger partial charge on any atom is 0.230 e. The van der Waals surface area contributed by atoms with Crippen LogP contribution in [0.2, 0.25) is 5.02 Å². The van der Waals surface area contributed by atoms with Crippen LogP contribution in [0, 0.1) is 0 Å². The molecule has 2 aromatic heterocycles. The summed E-state index contributed by atoms with van der Waals surface area (Å²) in [4.78, 5) is 13.6. The van der Waals surface area contributed by atoms with E-state index in [1.54, 1.807) is 11.3 Å². The summed E-state index contributed by atoms with van der Waals surface area (Å²) in [5.41, 5.74) is 2.13. The minimum atomic E-state index is -0.0293. The third-order valence-electron chi connectivity index (χ3n) is 4.31. The molecule has 2 heterocycles. The number of nitrogens with zero attached hydrogens (tertiary/aromatic N) is 3. The molecule has 0 saturated heterocycles. The Morgan fingerprint density at radius 2 is 2.00 bits per heavy atom. The van der Waals surface area contributed by atoms with Crippen molar-refractivity contribution in [3.8, 4) is 11.4 Å². The number of aromatic nitrogens is 3. The average Bonchev–Trinajstić information content (AvgIpc) is 3.33. The number of hydrogen-bond donors (Lipinski definition) is 1. The topological polar surface area (TPSA) is 59.8 Å². The van der Waals surface area contributed by atoms with Gasteiger partial charge in [-0.15, -0.1) is 21.5 Å². The lowest BCUT2D eigenvalue weighted by atomic mass is 10.2. The molecule has 29 heavy (non-hydrogen) atoms. The zero-order valence-corrected chi connectivity index (χ0v) is 19.0. The van der Waals surface area contributed by atoms with Crippen LogP contribution < -0.4 is 5.32 Å². The van der Waals surface area contributed by atoms with Gasteiger partial charge in [0, 0.05) is 33.9 Å². The van der Waals surface area contributed by atoms with Crippen LogP contribution >= 0.6 is 34.7 Å². The average molecular weight is 449 g/mol. The third-order valence-corrected chi connectivity index (χ3v) is 6.52. The van der Waals surface area contributed by atoms with Crippen LogP contribution in [0.1, 0.15) is 37.1 Å². The van der Waals surface area contributed by atoms with Crippen LogP contribution in [0.4, 0.5) is 0 Å². The number of halogens is 1. The molecule has 0 spiro atoms. The highest BCUT2D eigenvalue weighted by molar-refractivity contribution is 7.99. The lowest BCUT2D eigenvalue weighted by molar-refractivity contribution is -0.118. The molecule has 154 valence electrons. The van der Waals surface area contributed by atoms with Crippen molar-refractivity contribution in [1.29, 1.82) is 0 Å². The molecular weight excluding hydrogens is 424 g/mol. The van der Waals surface area contributed by atoms with Gasteiger partial charge in [0.25, 0.3) is 0 Å². The van der Waals surface area contributed by atoms with Crippen LogP contribution in [-0.4, -0.2) is 26.4 Å². The van der Waals surface area contributed by atoms with E-state index in [9.17, 15) is 4.79 Å². The van der Waals surface area contributed by atoms with Gasteiger partial charge in [0.2, 0.25) is 5.91 Å². The van der Waals surface area contributed by atoms with E-state index in [0.29, 0.717) is 17.3 Å². The first-order chi connectivity index (χ1) is 14.1. The van der Waals surface area contributed by atoms with Crippen molar-refractivity contribution in [2.45, 2.75) is 51.4 Å². The number of thioether (sulfide) groups is 1. The van der Waals surface area contributed by atoms with Crippen LogP contribution in [0.15, 0.2) is 40.9 Å². The van der Waals surface area contributed by atoms with Crippen molar-refractivity contribution in [1.82, 2.24) is 20.1 Å². The molecule has 0 atom stereocenters. The lowest BCUT2D eigenvalue weighted by Crippen LogP contribution is -2.24. The van der Waals surface area contributed by atoms with Gasteiger partial charge >= 0.3 is 0 Å². The zero-order chi connectivity index (χ0) is 20.6. The zero-order valence-electron chi connectivity index (χ0n) is 16.7. The van der Waals surface area contributed by atoms with Crippen LogP contribution in [-0.2, 0) is 24.3 Å². The molecule has 1 aromatic carbocycles. The number of carbonyl (C=O) groups excluding carboxylic acids is 1. The highest BCUT2D eigenvalue weighted by Crippen LogP contribution is 2.28. The predicted octanol–water partition coefficient (Wildman–Crippen LogP) is 5.43. The molecular formula is C21H25ClN4OS2. The standard InChI is InChI=1S/C21H25ClN4OS2/c1-3-5-18-11-16(13-28-18)20-24-25-21(26(20)10-4-2)29-14-19(27)23-12-15-6-8-17(22)9-7-15/h6-9,11,13H,3-5,10,12,14H2,1-2H3,(H,23,27). The molecule has 1 amide bonds. The van der Waals surface area contributed by atoms with Crippen molar-refractivity contribution in [2.75, 3.05) is 5.75 Å². The van der Waals surface area contributed by atoms with Crippen molar-refractivity contribution >= 4 is 40.6 Å². The van der Waals surface area contributed by atoms with Gasteiger partial charge in [-0.1, -0.05) is 55.8 Å². The van der Waals surface area contributed by atoms with Gasteiger partial charge in [0.1, 0.15) is 0 Å². The first-order valence-corrected chi connectivity index (χ1v) is 12.0. The van der Waals surface area contributed by atoms with Gasteiger partial charge in [0.15, 0.2) is 11.0 Å². The van der Waals surface area contributed by atoms with Gasteiger partial charge in [-0.3, -0.25) is 4.79 Å². The van der Waals surface area contributed by atoms with E-state index in [4.69, 9.17) is 11.6 Å². The molecule has 0 bridgehead atoms. The minimum Gasteiger partial charge on any atom is -0.351 e. The smallest absolute Gasteiger partial charge is 0.230 e. The van der Waals surface area contributed by atoms with Gasteiger partial charge in [-0.05, 0) is 36.6 Å². The van der Waals surface area contributed by atoms with Crippen LogP contribution in [0.5, 0.6) is 0 Å². The number of hydrogen-bond acceptors (Lipinski definition) is 5. The molecule has 0 aliphatic carbocycles. The number of amides is 1. The predicted molar refractivity (Wildman–Crippen MR) is 122 cm³/mol. The van der Waals surface area contributed by atoms with E-state index < -0.39 is 0 Å². The molecule has 0 aliphatic rings. The fourth-order valence-corrected chi connectivity index (χ4v) is 4.78. The van der Waals surface area contributed by atoms with E-state index in [0.717, 1.165) is 47.9 Å². The summed E-state index contributed by atoms with van der Waals surface area (Å²) in [6, 6.07) is 9.67. The number of benzene rings is 1. The summed E-state index contributed by atoms with van der Waals surface area (Å²) in [5, 5.41) is 15.3. The van der Waals surface area contributed by atoms with Crippen molar-refractivity contribution in [3.63, 3.8) is 0 Å². The quantitative estimate of drug-likeness (QED) is 0.420. The Bertz CT molecular complexity index is 937. The first kappa shape index (κ1) is 21.9. The van der Waals surface area contributed by atoms with Crippen molar-refractivity contribution in [2.24, 2.45) is 0 Å². The van der Waals surface area contributed by atoms with Crippen LogP contribution in [0.3, 0.4) is 0 Å². The van der Waals surface area contributed by atoms with E-state index in [-0.39, 0.29) is 5.91 Å². The molecule has 3 rings (SSSR count). The lowest BCUT2D eigenvalue weighted by Gasteiger charge is -2.08. The number of carbonyl (C=O) groups is 1. The third kappa shape index (κ3) is 6.07. The molecule has 0 fully saturated rings. The molecule has 8 heteroatoms. The highest BCUT2D eigenvalue weighted by Gasteiger charge is 2.16. The monoisotopic (exact) mass is 448 g/mol. The summed E-state index contributed by atoms with van der Waals surface area (Å²) in [6.07, 6.45) is 3.20. The maximum absolute atomic E-state index is 12.3. The Kier molecular flexibility index (Phi) is 8.15. The van der Waals surface area contributed by atoms with E-state index in [2.05, 4.69) is 45.4 Å². The molecule has 0 aliphatic heterocycles. The van der Waals surface area contributed by atoms with E-state index >= 15 is 0 Å². The fourth-order valence-electron chi connectivity index (χ4n) is 2.89. The van der Waals surface area contributed by atoms with Gasteiger partial charge < -0.3 is 9.88 Å². The SMILES string of the molecule is CCCc1cc(-c2nnc(SCC(=O)NCc3ccc(Cl)cc3)n2CCC)cs1. The second-order valence-electron chi connectivity index (χ2n) is 6.70. The summed E-state index contributed by atoms with van der Waals surface area (Å²) in [7, 11) is 0. The summed E-state index contributed by atoms with van der Waals surface area (Å²) in [6.45, 7) is 5.63. The molecule has 3 aromatic rings. The molecule has 1 N–H and O–H groups in total. The Morgan fingerprint density at radius 3 is 2.72 bits per heavy atom. The normalized spacial score (nSPS) is 11.0. The second kappa shape index (κ2) is 10.8. The van der Waals surface area contributed by atoms with Crippen LogP contribution in [0.25, 0.3) is 11.4 Å². The Hall–Kier alpha value is -1.83. The summed E-state index contributed by atoms with van der Waals surface area (Å²) in [5.74, 6) is 1.16. The molecule has 5 nitrogen and oxygen atoms in total. The maximum atomic E-state index is 12.3. The number of rotatable bonds is 10. The Labute approximate surface area is 184 Å². The highest BCUT2D eigenvalue weighted by atomic mass is 35.5. The number of thiophene rings is 1. The Balaban J connectivity index is 1.61. The summed E-state index contributed by atoms with van der Waals surface area (Å²) >= 11 is 9.08. The minimum absolute atomic E-state index is 0.0293. The summed E-state index contributed by atoms with van der Waals surface area (Å²) < 4.78 is 2.12. The first-order valence-electron chi connectivity index (χ1n) is 9.75. The second-order valence-corrected chi connectivity index (χ2v) is 9.08. The fraction of sp³-hybridized carbons (Fsp3) is 0.381. The van der Waals surface area contributed by atoms with E-state index in [1.807, 2.05) is 24.3 Å². The largest absolute Gasteiger partial charge is 0.351 e. The van der Waals surface area contributed by atoms with Gasteiger partial charge in [-0.25, -0.2) is 0 Å². The number of aryl methyl sites for hydroxylation is 1. The van der Waals surface area contributed by atoms with E-state index in [1.165, 1.54) is 16.6 Å². The Morgan fingerprint density at radius 1 is 1.21 bits per heavy atom. The van der Waals surface area contributed by atoms with Gasteiger partial charge in [-0.2, -0.15) is 0 Å². The van der Waals surface area contributed by atoms with Crippen molar-refractivity contribution in [3.05, 3.63) is 51.2 Å². The van der Waals surface area contributed by atoms with Crippen molar-refractivity contribution < 1.29 is 4.79 Å². The van der Waals surface area contributed by atoms with Gasteiger partial charge in [0.05, 0.1) is 5.75 Å². The number of nitrogens with one attached hydrogen (secondary N) is 1. The molecule has 0 radical (unpaired) electrons. The molecule has 0 unspecified atom stereocenters.